The van der Waals surface area contributed by atoms with Crippen LogP contribution in [0.3, 0.4) is 0 Å². The fourth-order valence-electron chi connectivity index (χ4n) is 2.37. The van der Waals surface area contributed by atoms with Crippen molar-refractivity contribution in [1.82, 2.24) is 4.90 Å². The molecule has 2 nitrogen and oxygen atoms in total. The Hall–Kier alpha value is -0.540. The monoisotopic (exact) mass is 329 g/mol. The van der Waals surface area contributed by atoms with Crippen LogP contribution in [-0.4, -0.2) is 29.3 Å². The third kappa shape index (κ3) is 3.48. The van der Waals surface area contributed by atoms with Gasteiger partial charge in [-0.1, -0.05) is 28.1 Å². The Morgan fingerprint density at radius 2 is 2.06 bits per heavy atom. The van der Waals surface area contributed by atoms with Crippen LogP contribution >= 0.6 is 27.5 Å². The van der Waals surface area contributed by atoms with Crippen LogP contribution in [0, 0.1) is 0 Å². The van der Waals surface area contributed by atoms with Crippen molar-refractivity contribution in [1.29, 1.82) is 0 Å². The molecule has 2 rings (SSSR count). The van der Waals surface area contributed by atoms with Crippen molar-refractivity contribution in [2.24, 2.45) is 0 Å². The maximum Gasteiger partial charge on any atom is 0.227 e. The van der Waals surface area contributed by atoms with E-state index in [1.165, 1.54) is 6.42 Å². The van der Waals surface area contributed by atoms with E-state index in [4.69, 9.17) is 11.6 Å². The van der Waals surface area contributed by atoms with E-state index < -0.39 is 0 Å². The van der Waals surface area contributed by atoms with Crippen molar-refractivity contribution in [2.75, 3.05) is 12.4 Å². The van der Waals surface area contributed by atoms with E-state index in [1.807, 2.05) is 29.2 Å². The van der Waals surface area contributed by atoms with Crippen molar-refractivity contribution in [3.63, 3.8) is 0 Å². The van der Waals surface area contributed by atoms with Gasteiger partial charge in [-0.05, 0) is 37.0 Å². The number of likely N-dealkylation sites (tertiary alicyclic amines) is 1. The van der Waals surface area contributed by atoms with Crippen molar-refractivity contribution in [3.05, 3.63) is 34.3 Å². The maximum absolute atomic E-state index is 12.3. The molecule has 0 N–H and O–H groups in total. The molecular formula is C14H17BrClNO. The number of benzene rings is 1. The molecule has 1 aromatic carbocycles. The molecule has 1 aliphatic heterocycles. The van der Waals surface area contributed by atoms with Crippen molar-refractivity contribution >= 4 is 33.4 Å². The zero-order chi connectivity index (χ0) is 13.0. The minimum absolute atomic E-state index is 0.197. The Kier molecular flexibility index (Phi) is 5.07. The molecule has 1 aliphatic rings. The Bertz CT molecular complexity index is 407. The highest BCUT2D eigenvalue weighted by Crippen LogP contribution is 2.20. The van der Waals surface area contributed by atoms with Gasteiger partial charge in [0.05, 0.1) is 6.42 Å². The van der Waals surface area contributed by atoms with E-state index in [1.54, 1.807) is 0 Å². The zero-order valence-corrected chi connectivity index (χ0v) is 12.6. The van der Waals surface area contributed by atoms with Gasteiger partial charge in [0.15, 0.2) is 0 Å². The molecule has 0 saturated carbocycles. The highest BCUT2D eigenvalue weighted by molar-refractivity contribution is 9.10. The molecule has 0 aliphatic carbocycles. The number of halogens is 2. The molecule has 1 heterocycles. The van der Waals surface area contributed by atoms with Gasteiger partial charge in [0.2, 0.25) is 5.91 Å². The second-order valence-corrected chi connectivity index (χ2v) is 5.92. The Labute approximate surface area is 121 Å². The number of nitrogens with zero attached hydrogens (tertiary/aromatic N) is 1. The second kappa shape index (κ2) is 6.58. The van der Waals surface area contributed by atoms with E-state index >= 15 is 0 Å². The van der Waals surface area contributed by atoms with Crippen LogP contribution in [0.5, 0.6) is 0 Å². The molecule has 1 unspecified atom stereocenters. The van der Waals surface area contributed by atoms with Crippen molar-refractivity contribution in [2.45, 2.75) is 31.7 Å². The summed E-state index contributed by atoms with van der Waals surface area (Å²) in [5.74, 6) is 0.745. The number of carbonyl (C=O) groups is 1. The van der Waals surface area contributed by atoms with E-state index in [0.717, 1.165) is 29.4 Å². The predicted molar refractivity (Wildman–Crippen MR) is 77.9 cm³/mol. The standard InChI is InChI=1S/C14H17BrClNO/c15-12-6-4-11(5-7-12)9-14(18)17-8-2-1-3-13(17)10-16/h4-7,13H,1-3,8-10H2. The van der Waals surface area contributed by atoms with Crippen LogP contribution in [0.25, 0.3) is 0 Å². The maximum atomic E-state index is 12.3. The summed E-state index contributed by atoms with van der Waals surface area (Å²) >= 11 is 9.34. The Morgan fingerprint density at radius 3 is 2.72 bits per heavy atom. The molecule has 1 aromatic rings. The highest BCUT2D eigenvalue weighted by Gasteiger charge is 2.25. The summed E-state index contributed by atoms with van der Waals surface area (Å²) < 4.78 is 1.04. The van der Waals surface area contributed by atoms with Crippen LogP contribution in [0.2, 0.25) is 0 Å². The molecule has 4 heteroatoms. The van der Waals surface area contributed by atoms with Gasteiger partial charge < -0.3 is 4.90 Å². The lowest BCUT2D eigenvalue weighted by atomic mass is 10.0. The van der Waals surface area contributed by atoms with Crippen LogP contribution in [0.1, 0.15) is 24.8 Å². The highest BCUT2D eigenvalue weighted by atomic mass is 79.9. The fourth-order valence-corrected chi connectivity index (χ4v) is 2.95. The molecule has 0 spiro atoms. The van der Waals surface area contributed by atoms with Gasteiger partial charge in [-0.25, -0.2) is 0 Å². The number of alkyl halides is 1. The van der Waals surface area contributed by atoms with Crippen LogP contribution in [0.4, 0.5) is 0 Å². The Morgan fingerprint density at radius 1 is 1.33 bits per heavy atom. The average molecular weight is 331 g/mol. The summed E-state index contributed by atoms with van der Waals surface area (Å²) in [5.41, 5.74) is 1.06. The molecule has 1 saturated heterocycles. The van der Waals surface area contributed by atoms with Gasteiger partial charge in [-0.15, -0.1) is 11.6 Å². The topological polar surface area (TPSA) is 20.3 Å². The first kappa shape index (κ1) is 13.9. The first-order valence-electron chi connectivity index (χ1n) is 6.30. The zero-order valence-electron chi connectivity index (χ0n) is 10.2. The van der Waals surface area contributed by atoms with E-state index in [0.29, 0.717) is 12.3 Å². The van der Waals surface area contributed by atoms with E-state index in [-0.39, 0.29) is 11.9 Å². The van der Waals surface area contributed by atoms with E-state index in [9.17, 15) is 4.79 Å². The molecular weight excluding hydrogens is 314 g/mol. The third-order valence-corrected chi connectivity index (χ3v) is 4.28. The summed E-state index contributed by atoms with van der Waals surface area (Å²) in [7, 11) is 0. The molecule has 1 amide bonds. The number of carbonyl (C=O) groups excluding carboxylic acids is 1. The summed E-state index contributed by atoms with van der Waals surface area (Å²) in [4.78, 5) is 14.2. The van der Waals surface area contributed by atoms with Gasteiger partial charge in [-0.2, -0.15) is 0 Å². The lowest BCUT2D eigenvalue weighted by Crippen LogP contribution is -2.45. The largest absolute Gasteiger partial charge is 0.338 e. The molecule has 1 atom stereocenters. The van der Waals surface area contributed by atoms with Crippen LogP contribution in [-0.2, 0) is 11.2 Å². The summed E-state index contributed by atoms with van der Waals surface area (Å²) in [6.07, 6.45) is 3.79. The molecule has 0 aromatic heterocycles. The van der Waals surface area contributed by atoms with Gasteiger partial charge in [-0.3, -0.25) is 4.79 Å². The normalized spacial score (nSPS) is 19.9. The number of amides is 1. The number of hydrogen-bond acceptors (Lipinski definition) is 1. The van der Waals surface area contributed by atoms with Crippen molar-refractivity contribution < 1.29 is 4.79 Å². The SMILES string of the molecule is O=C(Cc1ccc(Br)cc1)N1CCCCC1CCl. The number of hydrogen-bond donors (Lipinski definition) is 0. The average Bonchev–Trinajstić information content (AvgIpc) is 2.41. The lowest BCUT2D eigenvalue weighted by molar-refractivity contribution is -0.133. The van der Waals surface area contributed by atoms with E-state index in [2.05, 4.69) is 15.9 Å². The minimum Gasteiger partial charge on any atom is -0.338 e. The van der Waals surface area contributed by atoms with Crippen LogP contribution < -0.4 is 0 Å². The van der Waals surface area contributed by atoms with Crippen LogP contribution in [0.15, 0.2) is 28.7 Å². The first-order chi connectivity index (χ1) is 8.70. The second-order valence-electron chi connectivity index (χ2n) is 4.69. The molecule has 0 radical (unpaired) electrons. The minimum atomic E-state index is 0.197. The molecule has 18 heavy (non-hydrogen) atoms. The van der Waals surface area contributed by atoms with Gasteiger partial charge in [0.1, 0.15) is 0 Å². The number of rotatable bonds is 3. The predicted octanol–water partition coefficient (Wildman–Crippen LogP) is 3.61. The summed E-state index contributed by atoms with van der Waals surface area (Å²) in [5, 5.41) is 0. The first-order valence-corrected chi connectivity index (χ1v) is 7.63. The smallest absolute Gasteiger partial charge is 0.227 e. The third-order valence-electron chi connectivity index (χ3n) is 3.39. The van der Waals surface area contributed by atoms with Gasteiger partial charge in [0, 0.05) is 22.9 Å². The van der Waals surface area contributed by atoms with Gasteiger partial charge in [0.25, 0.3) is 0 Å². The number of piperidine rings is 1. The fraction of sp³-hybridized carbons (Fsp3) is 0.500. The summed E-state index contributed by atoms with van der Waals surface area (Å²) in [6.45, 7) is 0.854. The van der Waals surface area contributed by atoms with Gasteiger partial charge >= 0.3 is 0 Å². The lowest BCUT2D eigenvalue weighted by Gasteiger charge is -2.34. The Balaban J connectivity index is 2.00. The van der Waals surface area contributed by atoms with Crippen molar-refractivity contribution in [3.8, 4) is 0 Å². The quantitative estimate of drug-likeness (QED) is 0.775. The molecule has 98 valence electrons. The summed E-state index contributed by atoms with van der Waals surface area (Å²) in [6, 6.07) is 8.14. The molecule has 1 fully saturated rings. The molecule has 0 bridgehead atoms.